The minimum absolute atomic E-state index is 0.0751. The molecule has 100 valence electrons. The molecule has 0 bridgehead atoms. The van der Waals surface area contributed by atoms with Crippen LogP contribution in [0, 0.1) is 12.7 Å². The van der Waals surface area contributed by atoms with Gasteiger partial charge in [0, 0.05) is 0 Å². The number of carbonyl (C=O) groups is 1. The molecule has 1 aromatic carbocycles. The zero-order chi connectivity index (χ0) is 13.7. The number of rotatable bonds is 5. The van der Waals surface area contributed by atoms with Gasteiger partial charge in [0.1, 0.15) is 10.0 Å². The highest BCUT2D eigenvalue weighted by Gasteiger charge is 2.14. The fraction of sp³-hybridized carbons (Fsp3) is 0.364. The summed E-state index contributed by atoms with van der Waals surface area (Å²) in [5, 5.41) is 0. The Morgan fingerprint density at radius 1 is 1.50 bits per heavy atom. The van der Waals surface area contributed by atoms with Gasteiger partial charge in [-0.05, 0) is 42.2 Å². The van der Waals surface area contributed by atoms with E-state index in [4.69, 9.17) is 15.4 Å². The normalized spacial score (nSPS) is 12.0. The molecule has 1 aromatic rings. The second-order valence-corrected chi connectivity index (χ2v) is 5.13. The van der Waals surface area contributed by atoms with Crippen molar-refractivity contribution in [3.63, 3.8) is 0 Å². The number of esters is 1. The number of hydrogen-bond acceptors (Lipinski definition) is 4. The Labute approximate surface area is 111 Å². The number of carbonyl (C=O) groups excluding carboxylic acids is 1. The summed E-state index contributed by atoms with van der Waals surface area (Å²) in [6, 6.07) is 2.45. The third-order valence-electron chi connectivity index (χ3n) is 2.03. The molecule has 0 N–H and O–H groups in total. The van der Waals surface area contributed by atoms with Crippen molar-refractivity contribution < 1.29 is 22.9 Å². The molecule has 7 heteroatoms. The first kappa shape index (κ1) is 14.9. The van der Waals surface area contributed by atoms with E-state index in [9.17, 15) is 13.4 Å². The zero-order valence-corrected chi connectivity index (χ0v) is 11.4. The highest BCUT2D eigenvalue weighted by molar-refractivity contribution is 8.08. The van der Waals surface area contributed by atoms with Crippen LogP contribution in [0.25, 0.3) is 0 Å². The van der Waals surface area contributed by atoms with Gasteiger partial charge in [0.25, 0.3) is 0 Å². The molecule has 0 aromatic heterocycles. The first-order valence-corrected chi connectivity index (χ1v) is 7.10. The van der Waals surface area contributed by atoms with Crippen molar-refractivity contribution in [2.45, 2.75) is 18.7 Å². The molecule has 0 aliphatic heterocycles. The zero-order valence-electron chi connectivity index (χ0n) is 9.87. The van der Waals surface area contributed by atoms with Crippen LogP contribution in [0.1, 0.15) is 12.5 Å². The molecule has 0 aliphatic carbocycles. The van der Waals surface area contributed by atoms with Crippen LogP contribution in [0.15, 0.2) is 17.0 Å². The summed E-state index contributed by atoms with van der Waals surface area (Å²) < 4.78 is 34.3. The summed E-state index contributed by atoms with van der Waals surface area (Å²) in [5.74, 6) is -1.38. The molecule has 4 nitrogen and oxygen atoms in total. The van der Waals surface area contributed by atoms with Crippen LogP contribution < -0.4 is 4.74 Å². The van der Waals surface area contributed by atoms with Crippen molar-refractivity contribution in [3.05, 3.63) is 23.5 Å². The van der Waals surface area contributed by atoms with Gasteiger partial charge in [-0.1, -0.05) is 0 Å². The van der Waals surface area contributed by atoms with E-state index < -0.39 is 21.8 Å². The van der Waals surface area contributed by atoms with E-state index in [0.29, 0.717) is 5.56 Å². The van der Waals surface area contributed by atoms with Crippen LogP contribution >= 0.6 is 10.7 Å². The molecule has 0 saturated heterocycles. The highest BCUT2D eigenvalue weighted by atomic mass is 35.7. The topological polar surface area (TPSA) is 52.6 Å². The maximum Gasteiger partial charge on any atom is 0.344 e. The molecule has 1 rings (SSSR count). The van der Waals surface area contributed by atoms with E-state index in [-0.39, 0.29) is 23.9 Å². The van der Waals surface area contributed by atoms with Crippen molar-refractivity contribution in [1.82, 2.24) is 0 Å². The molecule has 18 heavy (non-hydrogen) atoms. The first-order chi connectivity index (χ1) is 8.45. The van der Waals surface area contributed by atoms with Crippen LogP contribution in [0.2, 0.25) is 0 Å². The largest absolute Gasteiger partial charge is 0.479 e. The highest BCUT2D eigenvalue weighted by Crippen LogP contribution is 2.26. The fourth-order valence-corrected chi connectivity index (χ4v) is 2.04. The van der Waals surface area contributed by atoms with Gasteiger partial charge in [-0.15, -0.1) is 0 Å². The first-order valence-electron chi connectivity index (χ1n) is 5.12. The van der Waals surface area contributed by atoms with E-state index in [2.05, 4.69) is 4.74 Å². The predicted molar refractivity (Wildman–Crippen MR) is 65.5 cm³/mol. The molecule has 1 unspecified atom stereocenters. The van der Waals surface area contributed by atoms with Crippen molar-refractivity contribution in [2.24, 2.45) is 0 Å². The van der Waals surface area contributed by atoms with Gasteiger partial charge in [0.2, 0.25) is 0 Å². The SMILES string of the molecule is CCOC(=O)COc1c(C)cc(S(=O)Cl)cc1F. The summed E-state index contributed by atoms with van der Waals surface area (Å²) in [4.78, 5) is 11.2. The number of hydrogen-bond donors (Lipinski definition) is 0. The Kier molecular flexibility index (Phi) is 5.55. The van der Waals surface area contributed by atoms with Crippen LogP contribution in [-0.2, 0) is 19.5 Å². The quantitative estimate of drug-likeness (QED) is 0.618. The Hall–Kier alpha value is -1.14. The standard InChI is InChI=1S/C11H12ClFO4S/c1-3-16-10(14)6-17-11-7(2)4-8(18(12)15)5-9(11)13/h4-5H,3,6H2,1-2H3. The summed E-state index contributed by atoms with van der Waals surface area (Å²) in [5.41, 5.74) is 0.406. The molecule has 0 amide bonds. The van der Waals surface area contributed by atoms with Crippen molar-refractivity contribution >= 4 is 26.7 Å². The van der Waals surface area contributed by atoms with Crippen LogP contribution in [0.4, 0.5) is 4.39 Å². The van der Waals surface area contributed by atoms with Crippen molar-refractivity contribution in [2.75, 3.05) is 13.2 Å². The van der Waals surface area contributed by atoms with Gasteiger partial charge in [-0.3, -0.25) is 0 Å². The lowest BCUT2D eigenvalue weighted by atomic mass is 10.2. The molecule has 0 fully saturated rings. The maximum atomic E-state index is 13.6. The van der Waals surface area contributed by atoms with Gasteiger partial charge < -0.3 is 9.47 Å². The van der Waals surface area contributed by atoms with E-state index in [1.807, 2.05) is 0 Å². The molecule has 1 atom stereocenters. The predicted octanol–water partition coefficient (Wildman–Crippen LogP) is 2.34. The third-order valence-corrected chi connectivity index (χ3v) is 3.17. The lowest BCUT2D eigenvalue weighted by Gasteiger charge is -2.10. The van der Waals surface area contributed by atoms with Crippen molar-refractivity contribution in [3.8, 4) is 5.75 Å². The third kappa shape index (κ3) is 3.96. The fourth-order valence-electron chi connectivity index (χ4n) is 1.31. The van der Waals surface area contributed by atoms with Crippen LogP contribution in [0.5, 0.6) is 5.75 Å². The number of ether oxygens (including phenoxy) is 2. The summed E-state index contributed by atoms with van der Waals surface area (Å²) in [6.45, 7) is 3.08. The Morgan fingerprint density at radius 3 is 2.67 bits per heavy atom. The average Bonchev–Trinajstić information content (AvgIpc) is 2.27. The van der Waals surface area contributed by atoms with Crippen LogP contribution in [0.3, 0.4) is 0 Å². The smallest absolute Gasteiger partial charge is 0.344 e. The van der Waals surface area contributed by atoms with E-state index in [1.54, 1.807) is 13.8 Å². The molecule has 0 spiro atoms. The molecule has 0 heterocycles. The molecular formula is C11H12ClFO4S. The number of aryl methyl sites for hydroxylation is 1. The van der Waals surface area contributed by atoms with Gasteiger partial charge >= 0.3 is 5.97 Å². The summed E-state index contributed by atoms with van der Waals surface area (Å²) in [6.07, 6.45) is 0. The Morgan fingerprint density at radius 2 is 2.17 bits per heavy atom. The minimum atomic E-state index is -1.79. The lowest BCUT2D eigenvalue weighted by Crippen LogP contribution is -2.15. The Bertz CT molecular complexity index is 455. The summed E-state index contributed by atoms with van der Waals surface area (Å²) >= 11 is 0. The van der Waals surface area contributed by atoms with E-state index in [0.717, 1.165) is 6.07 Å². The van der Waals surface area contributed by atoms with Gasteiger partial charge in [-0.25, -0.2) is 13.4 Å². The van der Waals surface area contributed by atoms with Crippen molar-refractivity contribution in [1.29, 1.82) is 0 Å². The second kappa shape index (κ2) is 6.70. The number of benzene rings is 1. The lowest BCUT2D eigenvalue weighted by molar-refractivity contribution is -0.145. The number of halogens is 2. The average molecular weight is 295 g/mol. The minimum Gasteiger partial charge on any atom is -0.479 e. The molecular weight excluding hydrogens is 283 g/mol. The van der Waals surface area contributed by atoms with Crippen LogP contribution in [-0.4, -0.2) is 23.4 Å². The van der Waals surface area contributed by atoms with Gasteiger partial charge in [0.05, 0.1) is 11.5 Å². The molecule has 0 aliphatic rings. The second-order valence-electron chi connectivity index (χ2n) is 3.37. The molecule has 0 radical (unpaired) electrons. The van der Waals surface area contributed by atoms with E-state index in [1.165, 1.54) is 6.07 Å². The van der Waals surface area contributed by atoms with Gasteiger partial charge in [-0.2, -0.15) is 0 Å². The summed E-state index contributed by atoms with van der Waals surface area (Å²) in [7, 11) is 3.57. The van der Waals surface area contributed by atoms with Gasteiger partial charge in [0.15, 0.2) is 18.2 Å². The maximum absolute atomic E-state index is 13.6. The van der Waals surface area contributed by atoms with E-state index >= 15 is 0 Å². The molecule has 0 saturated carbocycles. The Balaban J connectivity index is 2.84. The monoisotopic (exact) mass is 294 g/mol.